The molecule has 2 unspecified atom stereocenters. The zero-order chi connectivity index (χ0) is 30.1. The van der Waals surface area contributed by atoms with Crippen LogP contribution >= 0.6 is 0 Å². The summed E-state index contributed by atoms with van der Waals surface area (Å²) in [6.07, 6.45) is 9.12. The zero-order valence-electron chi connectivity index (χ0n) is 27.6. The van der Waals surface area contributed by atoms with E-state index in [4.69, 9.17) is 9.97 Å². The van der Waals surface area contributed by atoms with Gasteiger partial charge in [0.25, 0.3) is 0 Å². The van der Waals surface area contributed by atoms with Gasteiger partial charge >= 0.3 is 0 Å². The van der Waals surface area contributed by atoms with Crippen LogP contribution in [-0.4, -0.2) is 19.9 Å². The van der Waals surface area contributed by atoms with Gasteiger partial charge in [-0.3, -0.25) is 4.98 Å². The van der Waals surface area contributed by atoms with Crippen LogP contribution in [0.1, 0.15) is 150 Å². The van der Waals surface area contributed by atoms with Crippen LogP contribution in [-0.2, 0) is 32.1 Å². The van der Waals surface area contributed by atoms with Crippen LogP contribution in [0.3, 0.4) is 0 Å². The highest BCUT2D eigenvalue weighted by molar-refractivity contribution is 5.94. The quantitative estimate of drug-likeness (QED) is 0.271. The zero-order valence-corrected chi connectivity index (χ0v) is 27.6. The van der Waals surface area contributed by atoms with E-state index >= 15 is 0 Å². The SMILES string of the molecule is CCC1=C(CC)c2nc1cc1[nH]c(cc3[nH]c(cc4nc(c2CC)C(CC)C4CC)c(CC)c3CC)c(CC)c1CC. The van der Waals surface area contributed by atoms with E-state index in [0.29, 0.717) is 11.8 Å². The lowest BCUT2D eigenvalue weighted by Crippen LogP contribution is -2.06. The van der Waals surface area contributed by atoms with E-state index < -0.39 is 0 Å². The molecule has 42 heavy (non-hydrogen) atoms. The number of aryl methyl sites for hydroxylation is 4. The van der Waals surface area contributed by atoms with Gasteiger partial charge in [-0.1, -0.05) is 62.3 Å². The lowest BCUT2D eigenvalue weighted by Gasteiger charge is -2.19. The summed E-state index contributed by atoms with van der Waals surface area (Å²) in [4.78, 5) is 18.8. The second-order valence-corrected chi connectivity index (χ2v) is 12.0. The highest BCUT2D eigenvalue weighted by Gasteiger charge is 2.33. The summed E-state index contributed by atoms with van der Waals surface area (Å²) in [5.74, 6) is 0.848. The van der Waals surface area contributed by atoms with Gasteiger partial charge in [0.2, 0.25) is 0 Å². The number of aromatic nitrogens is 4. The molecule has 4 nitrogen and oxygen atoms in total. The van der Waals surface area contributed by atoms with Crippen molar-refractivity contribution in [2.24, 2.45) is 0 Å². The fourth-order valence-electron chi connectivity index (χ4n) is 8.05. The normalized spacial score (nSPS) is 17.0. The number of fused-ring (bicyclic) bond motifs is 8. The molecule has 3 aromatic heterocycles. The van der Waals surface area contributed by atoms with Gasteiger partial charge in [-0.05, 0) is 115 Å². The predicted molar refractivity (Wildman–Crippen MR) is 181 cm³/mol. The van der Waals surface area contributed by atoms with Gasteiger partial charge in [-0.15, -0.1) is 0 Å². The largest absolute Gasteiger partial charge is 0.355 e. The summed E-state index contributed by atoms with van der Waals surface area (Å²) in [6, 6.07) is 7.12. The highest BCUT2D eigenvalue weighted by atomic mass is 14.8. The van der Waals surface area contributed by atoms with Crippen molar-refractivity contribution in [1.82, 2.24) is 19.9 Å². The van der Waals surface area contributed by atoms with Crippen molar-refractivity contribution in [3.8, 4) is 0 Å². The summed E-state index contributed by atoms with van der Waals surface area (Å²) >= 11 is 0. The van der Waals surface area contributed by atoms with Gasteiger partial charge in [-0.25, -0.2) is 4.98 Å². The molecule has 5 rings (SSSR count). The Morgan fingerprint density at radius 3 is 1.43 bits per heavy atom. The molecule has 0 radical (unpaired) electrons. The molecule has 0 amide bonds. The van der Waals surface area contributed by atoms with Gasteiger partial charge in [0, 0.05) is 45.3 Å². The van der Waals surface area contributed by atoms with Crippen LogP contribution in [0, 0.1) is 0 Å². The van der Waals surface area contributed by atoms with Crippen LogP contribution in [0.5, 0.6) is 0 Å². The first-order valence-electron chi connectivity index (χ1n) is 16.9. The molecule has 224 valence electrons. The van der Waals surface area contributed by atoms with Crippen molar-refractivity contribution in [3.63, 3.8) is 0 Å². The maximum atomic E-state index is 5.52. The van der Waals surface area contributed by atoms with Crippen LogP contribution in [0.15, 0.2) is 18.2 Å². The molecule has 0 fully saturated rings. The number of H-pyrrole nitrogens is 2. The second kappa shape index (κ2) is 12.6. The summed E-state index contributed by atoms with van der Waals surface area (Å²) in [5.41, 5.74) is 19.6. The van der Waals surface area contributed by atoms with E-state index in [1.165, 1.54) is 78.1 Å². The van der Waals surface area contributed by atoms with E-state index in [0.717, 1.165) is 63.5 Å². The van der Waals surface area contributed by atoms with Crippen LogP contribution in [0.2, 0.25) is 0 Å². The Hall–Kier alpha value is -3.14. The van der Waals surface area contributed by atoms with E-state index in [9.17, 15) is 0 Å². The van der Waals surface area contributed by atoms with Gasteiger partial charge in [0.1, 0.15) is 0 Å². The van der Waals surface area contributed by atoms with Crippen molar-refractivity contribution >= 4 is 33.2 Å². The minimum absolute atomic E-state index is 0.423. The Bertz CT molecular complexity index is 1660. The molecule has 0 saturated carbocycles. The summed E-state index contributed by atoms with van der Waals surface area (Å²) in [5, 5.41) is 0. The predicted octanol–water partition coefficient (Wildman–Crippen LogP) is 10.5. The molecule has 8 bridgehead atoms. The van der Waals surface area contributed by atoms with Gasteiger partial charge in [-0.2, -0.15) is 0 Å². The number of allylic oxidation sites excluding steroid dienone is 2. The van der Waals surface area contributed by atoms with Crippen molar-refractivity contribution in [3.05, 3.63) is 68.8 Å². The Labute approximate surface area is 253 Å². The number of rotatable bonds is 9. The third kappa shape index (κ3) is 4.85. The van der Waals surface area contributed by atoms with E-state index in [2.05, 4.69) is 90.5 Å². The fraction of sp³-hybridized carbons (Fsp3) is 0.526. The summed E-state index contributed by atoms with van der Waals surface area (Å²) in [7, 11) is 0. The first kappa shape index (κ1) is 30.3. The Morgan fingerprint density at radius 2 is 0.976 bits per heavy atom. The van der Waals surface area contributed by atoms with Gasteiger partial charge in [0.05, 0.1) is 11.4 Å². The fourth-order valence-corrected chi connectivity index (χ4v) is 8.05. The van der Waals surface area contributed by atoms with E-state index in [1.54, 1.807) is 0 Å². The second-order valence-electron chi connectivity index (χ2n) is 12.0. The number of nitrogens with one attached hydrogen (secondary N) is 2. The average molecular weight is 565 g/mol. The van der Waals surface area contributed by atoms with Crippen LogP contribution in [0.4, 0.5) is 0 Å². The third-order valence-electron chi connectivity index (χ3n) is 10.0. The average Bonchev–Trinajstić information content (AvgIpc) is 3.72. The smallest absolute Gasteiger partial charge is 0.0722 e. The molecule has 0 spiro atoms. The molecule has 0 saturated heterocycles. The van der Waals surface area contributed by atoms with E-state index in [1.807, 2.05) is 0 Å². The highest BCUT2D eigenvalue weighted by Crippen LogP contribution is 2.45. The monoisotopic (exact) mass is 564 g/mol. The number of aromatic amines is 2. The van der Waals surface area contributed by atoms with Crippen molar-refractivity contribution in [1.29, 1.82) is 0 Å². The lowest BCUT2D eigenvalue weighted by molar-refractivity contribution is 0.529. The minimum Gasteiger partial charge on any atom is -0.355 e. The standard InChI is InChI=1S/C38H52N4/c1-10-22-24(12-3)33-20-35-26(14-5)28(16-7)37(41-35)30(18-9)38-29(17-8)27(15-6)36(42-38)21-34-25(13-4)23(11-2)32(40-34)19-31(22)39-33/h19-21,26,28,39-40H,10-18H2,1-9H3. The molecule has 0 aliphatic carbocycles. The maximum Gasteiger partial charge on any atom is 0.0722 e. The Kier molecular flexibility index (Phi) is 9.11. The maximum absolute atomic E-state index is 5.52. The van der Waals surface area contributed by atoms with Crippen LogP contribution < -0.4 is 0 Å². The van der Waals surface area contributed by atoms with E-state index in [-0.39, 0.29) is 0 Å². The van der Waals surface area contributed by atoms with Crippen molar-refractivity contribution < 1.29 is 0 Å². The molecule has 2 aliphatic heterocycles. The van der Waals surface area contributed by atoms with Crippen LogP contribution in [0.25, 0.3) is 33.2 Å². The summed E-state index contributed by atoms with van der Waals surface area (Å²) < 4.78 is 0. The molecular formula is C38H52N4. The number of hydrogen-bond donors (Lipinski definition) is 2. The molecular weight excluding hydrogens is 512 g/mol. The van der Waals surface area contributed by atoms with Gasteiger partial charge in [0.15, 0.2) is 0 Å². The Morgan fingerprint density at radius 1 is 0.500 bits per heavy atom. The molecule has 4 heteroatoms. The number of hydrogen-bond acceptors (Lipinski definition) is 2. The Balaban J connectivity index is 2.06. The first-order valence-corrected chi connectivity index (χ1v) is 16.9. The van der Waals surface area contributed by atoms with Gasteiger partial charge < -0.3 is 9.97 Å². The molecule has 5 heterocycles. The van der Waals surface area contributed by atoms with Crippen molar-refractivity contribution in [2.45, 2.75) is 132 Å². The molecule has 2 aliphatic rings. The lowest BCUT2D eigenvalue weighted by atomic mass is 9.83. The molecule has 2 N–H and O–H groups in total. The third-order valence-corrected chi connectivity index (χ3v) is 10.0. The molecule has 2 atom stereocenters. The number of nitrogens with zero attached hydrogens (tertiary/aromatic N) is 2. The topological polar surface area (TPSA) is 57.4 Å². The molecule has 3 aromatic rings. The molecule has 0 aromatic carbocycles. The summed E-state index contributed by atoms with van der Waals surface area (Å²) in [6.45, 7) is 20.7. The van der Waals surface area contributed by atoms with Crippen molar-refractivity contribution in [2.75, 3.05) is 0 Å². The first-order chi connectivity index (χ1) is 20.4. The minimum atomic E-state index is 0.423.